The summed E-state index contributed by atoms with van der Waals surface area (Å²) in [4.78, 5) is 0. The van der Waals surface area contributed by atoms with E-state index in [1.165, 1.54) is 0 Å². The molecule has 3 nitrogen and oxygen atoms in total. The van der Waals surface area contributed by atoms with Crippen molar-refractivity contribution in [3.05, 3.63) is 12.2 Å². The molecule has 3 heteroatoms. The van der Waals surface area contributed by atoms with Crippen molar-refractivity contribution in [2.75, 3.05) is 19.8 Å². The highest BCUT2D eigenvalue weighted by molar-refractivity contribution is 5.05. The Morgan fingerprint density at radius 3 is 2.67 bits per heavy atom. The Morgan fingerprint density at radius 2 is 2.07 bits per heavy atom. The Bertz CT molecular complexity index is 243. The number of hydrogen-bond donors (Lipinski definition) is 1. The minimum absolute atomic E-state index is 0.0785. The summed E-state index contributed by atoms with van der Waals surface area (Å²) in [5, 5.41) is 9.10. The van der Waals surface area contributed by atoms with Crippen molar-refractivity contribution in [3.8, 4) is 0 Å². The van der Waals surface area contributed by atoms with E-state index < -0.39 is 0 Å². The van der Waals surface area contributed by atoms with Crippen molar-refractivity contribution >= 4 is 0 Å². The number of aliphatic hydroxyl groups excluding tert-OH is 1. The molecule has 0 aromatic carbocycles. The second-order valence-corrected chi connectivity index (χ2v) is 4.70. The summed E-state index contributed by atoms with van der Waals surface area (Å²) in [6.07, 6.45) is 3.03. The largest absolute Gasteiger partial charge is 0.392 e. The summed E-state index contributed by atoms with van der Waals surface area (Å²) in [6, 6.07) is 0. The van der Waals surface area contributed by atoms with Gasteiger partial charge in [-0.2, -0.15) is 0 Å². The van der Waals surface area contributed by atoms with Crippen molar-refractivity contribution in [2.24, 2.45) is 11.8 Å². The molecule has 0 bridgehead atoms. The van der Waals surface area contributed by atoms with Gasteiger partial charge in [-0.25, -0.2) is 0 Å². The minimum Gasteiger partial charge on any atom is -0.392 e. The van der Waals surface area contributed by atoms with Crippen LogP contribution in [0.5, 0.6) is 0 Å². The van der Waals surface area contributed by atoms with Crippen LogP contribution in [0.3, 0.4) is 0 Å². The van der Waals surface area contributed by atoms with E-state index in [4.69, 9.17) is 14.6 Å². The van der Waals surface area contributed by atoms with Gasteiger partial charge in [0, 0.05) is 12.3 Å². The fraction of sp³-hybridized carbons (Fsp3) is 0.833. The highest BCUT2D eigenvalue weighted by Crippen LogP contribution is 2.44. The molecule has 0 radical (unpaired) electrons. The highest BCUT2D eigenvalue weighted by atomic mass is 16.7. The predicted octanol–water partition coefficient (Wildman–Crippen LogP) is 1.71. The van der Waals surface area contributed by atoms with Crippen LogP contribution in [0.1, 0.15) is 26.2 Å². The number of rotatable bonds is 2. The number of hydrogen-bond acceptors (Lipinski definition) is 3. The summed E-state index contributed by atoms with van der Waals surface area (Å²) >= 11 is 0. The van der Waals surface area contributed by atoms with Crippen molar-refractivity contribution < 1.29 is 14.6 Å². The van der Waals surface area contributed by atoms with E-state index in [9.17, 15) is 0 Å². The maximum Gasteiger partial charge on any atom is 0.171 e. The highest BCUT2D eigenvalue weighted by Gasteiger charge is 2.46. The van der Waals surface area contributed by atoms with Crippen LogP contribution in [0.4, 0.5) is 0 Å². The molecule has 2 atom stereocenters. The molecule has 0 amide bonds. The number of aliphatic hydroxyl groups is 1. The van der Waals surface area contributed by atoms with Gasteiger partial charge in [0.05, 0.1) is 19.8 Å². The molecule has 1 spiro atoms. The standard InChI is InChI=1S/C12H20O3/c1-9(8-13)11-4-3-10(2)12(7-11)14-5-6-15-12/h10-11,13H,1,3-8H2,2H3. The van der Waals surface area contributed by atoms with Crippen LogP contribution in [-0.4, -0.2) is 30.7 Å². The van der Waals surface area contributed by atoms with Gasteiger partial charge >= 0.3 is 0 Å². The van der Waals surface area contributed by atoms with Gasteiger partial charge in [-0.05, 0) is 24.3 Å². The summed E-state index contributed by atoms with van der Waals surface area (Å²) in [6.45, 7) is 7.57. The Morgan fingerprint density at radius 1 is 1.40 bits per heavy atom. The van der Waals surface area contributed by atoms with E-state index in [2.05, 4.69) is 13.5 Å². The molecular formula is C12H20O3. The molecule has 15 heavy (non-hydrogen) atoms. The van der Waals surface area contributed by atoms with Crippen LogP contribution in [0.15, 0.2) is 12.2 Å². The molecule has 1 saturated carbocycles. The molecule has 1 saturated heterocycles. The lowest BCUT2D eigenvalue weighted by Gasteiger charge is -2.41. The van der Waals surface area contributed by atoms with Crippen molar-refractivity contribution in [2.45, 2.75) is 32.0 Å². The van der Waals surface area contributed by atoms with Crippen molar-refractivity contribution in [1.82, 2.24) is 0 Å². The van der Waals surface area contributed by atoms with E-state index in [0.29, 0.717) is 25.0 Å². The molecule has 0 aromatic rings. The maximum absolute atomic E-state index is 9.10. The van der Waals surface area contributed by atoms with Gasteiger partial charge in [-0.3, -0.25) is 0 Å². The lowest BCUT2D eigenvalue weighted by Crippen LogP contribution is -2.43. The molecule has 2 unspecified atom stereocenters. The average Bonchev–Trinajstić information content (AvgIpc) is 2.71. The van der Waals surface area contributed by atoms with Gasteiger partial charge in [0.25, 0.3) is 0 Å². The van der Waals surface area contributed by atoms with Crippen LogP contribution in [0, 0.1) is 11.8 Å². The molecule has 0 aromatic heterocycles. The van der Waals surface area contributed by atoms with Gasteiger partial charge in [-0.15, -0.1) is 0 Å². The smallest absolute Gasteiger partial charge is 0.171 e. The lowest BCUT2D eigenvalue weighted by molar-refractivity contribution is -0.215. The van der Waals surface area contributed by atoms with E-state index in [-0.39, 0.29) is 12.4 Å². The lowest BCUT2D eigenvalue weighted by atomic mass is 9.75. The quantitative estimate of drug-likeness (QED) is 0.708. The van der Waals surface area contributed by atoms with Crippen LogP contribution in [0.2, 0.25) is 0 Å². The topological polar surface area (TPSA) is 38.7 Å². The van der Waals surface area contributed by atoms with Crippen molar-refractivity contribution in [1.29, 1.82) is 0 Å². The first-order valence-corrected chi connectivity index (χ1v) is 5.74. The minimum atomic E-state index is -0.388. The van der Waals surface area contributed by atoms with Gasteiger partial charge in [0.1, 0.15) is 0 Å². The first-order valence-electron chi connectivity index (χ1n) is 5.74. The van der Waals surface area contributed by atoms with Gasteiger partial charge in [-0.1, -0.05) is 13.5 Å². The summed E-state index contributed by atoms with van der Waals surface area (Å²) in [7, 11) is 0. The zero-order chi connectivity index (χ0) is 10.9. The first kappa shape index (κ1) is 11.1. The molecule has 1 N–H and O–H groups in total. The monoisotopic (exact) mass is 212 g/mol. The fourth-order valence-corrected chi connectivity index (χ4v) is 2.67. The Labute approximate surface area is 91.1 Å². The Kier molecular flexibility index (Phi) is 3.14. The first-order chi connectivity index (χ1) is 7.18. The zero-order valence-corrected chi connectivity index (χ0v) is 9.37. The van der Waals surface area contributed by atoms with Crippen LogP contribution in [0.25, 0.3) is 0 Å². The molecule has 86 valence electrons. The van der Waals surface area contributed by atoms with E-state index in [1.807, 2.05) is 0 Å². The third-order valence-electron chi connectivity index (χ3n) is 3.79. The third kappa shape index (κ3) is 1.96. The molecule has 1 aliphatic carbocycles. The molecule has 2 aliphatic rings. The van der Waals surface area contributed by atoms with Crippen molar-refractivity contribution in [3.63, 3.8) is 0 Å². The van der Waals surface area contributed by atoms with E-state index >= 15 is 0 Å². The second-order valence-electron chi connectivity index (χ2n) is 4.70. The summed E-state index contributed by atoms with van der Waals surface area (Å²) in [5.41, 5.74) is 0.917. The van der Waals surface area contributed by atoms with Gasteiger partial charge in [0.2, 0.25) is 0 Å². The van der Waals surface area contributed by atoms with E-state index in [1.54, 1.807) is 0 Å². The fourth-order valence-electron chi connectivity index (χ4n) is 2.67. The SMILES string of the molecule is C=C(CO)C1CCC(C)C2(C1)OCCO2. The molecular weight excluding hydrogens is 192 g/mol. The van der Waals surface area contributed by atoms with Crippen LogP contribution < -0.4 is 0 Å². The third-order valence-corrected chi connectivity index (χ3v) is 3.79. The summed E-state index contributed by atoms with van der Waals surface area (Å²) < 4.78 is 11.5. The molecule has 1 aliphatic heterocycles. The zero-order valence-electron chi connectivity index (χ0n) is 9.37. The maximum atomic E-state index is 9.10. The van der Waals surface area contributed by atoms with Gasteiger partial charge in [0.15, 0.2) is 5.79 Å². The normalized spacial score (nSPS) is 34.5. The average molecular weight is 212 g/mol. The van der Waals surface area contributed by atoms with Gasteiger partial charge < -0.3 is 14.6 Å². The summed E-state index contributed by atoms with van der Waals surface area (Å²) in [5.74, 6) is 0.410. The second kappa shape index (κ2) is 4.24. The Balaban J connectivity index is 2.07. The van der Waals surface area contributed by atoms with E-state index in [0.717, 1.165) is 24.8 Å². The number of ether oxygens (including phenoxy) is 2. The molecule has 2 fully saturated rings. The molecule has 1 heterocycles. The van der Waals surface area contributed by atoms with Crippen LogP contribution >= 0.6 is 0 Å². The Hall–Kier alpha value is -0.380. The molecule has 2 rings (SSSR count). The van der Waals surface area contributed by atoms with Crippen LogP contribution in [-0.2, 0) is 9.47 Å². The predicted molar refractivity (Wildman–Crippen MR) is 57.4 cm³/mol.